The first-order valence-corrected chi connectivity index (χ1v) is 9.81. The Balaban J connectivity index is 2.07. The van der Waals surface area contributed by atoms with Gasteiger partial charge in [-0.05, 0) is 55.5 Å². The van der Waals surface area contributed by atoms with Crippen LogP contribution in [-0.2, 0) is 14.6 Å². The molecule has 2 aromatic rings. The maximum absolute atomic E-state index is 12.5. The molecule has 146 valence electrons. The average molecular weight is 397 g/mol. The van der Waals surface area contributed by atoms with Gasteiger partial charge in [0.05, 0.1) is 22.9 Å². The highest BCUT2D eigenvalue weighted by Crippen LogP contribution is 2.24. The summed E-state index contributed by atoms with van der Waals surface area (Å²) in [5.41, 5.74) is 2.02. The molecule has 2 rings (SSSR count). The molecule has 0 saturated carbocycles. The van der Waals surface area contributed by atoms with Crippen molar-refractivity contribution in [3.05, 3.63) is 48.5 Å². The van der Waals surface area contributed by atoms with Gasteiger partial charge < -0.3 is 9.64 Å². The van der Waals surface area contributed by atoms with Gasteiger partial charge in [0.2, 0.25) is 9.84 Å². The van der Waals surface area contributed by atoms with Gasteiger partial charge in [-0.1, -0.05) is 0 Å². The van der Waals surface area contributed by atoms with Gasteiger partial charge in [0.15, 0.2) is 0 Å². The Morgan fingerprint density at radius 1 is 1.00 bits per heavy atom. The molecule has 0 N–H and O–H groups in total. The molecule has 9 heteroatoms. The molecule has 0 bridgehead atoms. The van der Waals surface area contributed by atoms with Gasteiger partial charge in [0.25, 0.3) is 0 Å². The molecular formula is C18H21F2N3O3S. The number of hydrogen-bond donors (Lipinski definition) is 0. The summed E-state index contributed by atoms with van der Waals surface area (Å²) in [4.78, 5) is 1.71. The molecule has 0 saturated heterocycles. The van der Waals surface area contributed by atoms with Crippen molar-refractivity contribution in [1.82, 2.24) is 0 Å². The van der Waals surface area contributed by atoms with Crippen LogP contribution in [0.25, 0.3) is 0 Å². The van der Waals surface area contributed by atoms with E-state index in [9.17, 15) is 17.2 Å². The van der Waals surface area contributed by atoms with Crippen LogP contribution in [0.5, 0.6) is 0 Å². The molecule has 0 unspecified atom stereocenters. The van der Waals surface area contributed by atoms with Crippen LogP contribution in [-0.4, -0.2) is 41.0 Å². The topological polar surface area (TPSA) is 71.3 Å². The van der Waals surface area contributed by atoms with Gasteiger partial charge >= 0.3 is 5.76 Å². The minimum atomic E-state index is -4.60. The SMILES string of the molecule is CCN(CCOC)c1ccc(N=Nc2ccc(S(=O)(=O)C(F)F)cc2)cc1. The minimum Gasteiger partial charge on any atom is -0.383 e. The molecule has 0 spiro atoms. The summed E-state index contributed by atoms with van der Waals surface area (Å²) in [7, 11) is -2.94. The highest BCUT2D eigenvalue weighted by molar-refractivity contribution is 7.91. The van der Waals surface area contributed by atoms with E-state index in [1.54, 1.807) is 7.11 Å². The van der Waals surface area contributed by atoms with E-state index in [1.807, 2.05) is 24.3 Å². The van der Waals surface area contributed by atoms with Crippen molar-refractivity contribution in [3.8, 4) is 0 Å². The number of rotatable bonds is 9. The summed E-state index contributed by atoms with van der Waals surface area (Å²) in [5.74, 6) is -3.45. The van der Waals surface area contributed by atoms with Crippen molar-refractivity contribution in [3.63, 3.8) is 0 Å². The second-order valence-corrected chi connectivity index (χ2v) is 7.51. The fourth-order valence-corrected chi connectivity index (χ4v) is 3.04. The fraction of sp³-hybridized carbons (Fsp3) is 0.333. The second-order valence-electron chi connectivity index (χ2n) is 5.59. The third kappa shape index (κ3) is 5.54. The normalized spacial score (nSPS) is 12.0. The summed E-state index contributed by atoms with van der Waals surface area (Å²) in [6, 6.07) is 12.3. The van der Waals surface area contributed by atoms with Gasteiger partial charge in [0, 0.05) is 25.9 Å². The quantitative estimate of drug-likeness (QED) is 0.581. The van der Waals surface area contributed by atoms with E-state index in [-0.39, 0.29) is 0 Å². The van der Waals surface area contributed by atoms with Gasteiger partial charge in [-0.25, -0.2) is 8.42 Å². The Bertz CT molecular complexity index is 854. The maximum Gasteiger partial charge on any atom is 0.341 e. The summed E-state index contributed by atoms with van der Waals surface area (Å²) in [6.07, 6.45) is 0. The number of likely N-dealkylation sites (N-methyl/N-ethyl adjacent to an activating group) is 1. The lowest BCUT2D eigenvalue weighted by Gasteiger charge is -2.22. The average Bonchev–Trinajstić information content (AvgIpc) is 2.68. The second kappa shape index (κ2) is 9.52. The number of halogens is 2. The molecule has 0 aliphatic rings. The first kappa shape index (κ1) is 20.9. The summed E-state index contributed by atoms with van der Waals surface area (Å²) in [5, 5.41) is 8.07. The molecule has 0 amide bonds. The van der Waals surface area contributed by atoms with Crippen LogP contribution < -0.4 is 4.90 Å². The number of azo groups is 1. The van der Waals surface area contributed by atoms with Crippen LogP contribution >= 0.6 is 0 Å². The molecular weight excluding hydrogens is 376 g/mol. The van der Waals surface area contributed by atoms with Crippen molar-refractivity contribution in [2.45, 2.75) is 17.6 Å². The minimum absolute atomic E-state index is 0.363. The lowest BCUT2D eigenvalue weighted by molar-refractivity contribution is 0.205. The summed E-state index contributed by atoms with van der Waals surface area (Å²) < 4.78 is 52.9. The first-order chi connectivity index (χ1) is 12.9. The maximum atomic E-state index is 12.5. The van der Waals surface area contributed by atoms with E-state index >= 15 is 0 Å². The first-order valence-electron chi connectivity index (χ1n) is 8.26. The van der Waals surface area contributed by atoms with Crippen LogP contribution in [0.15, 0.2) is 63.7 Å². The number of methoxy groups -OCH3 is 1. The Morgan fingerprint density at radius 3 is 1.96 bits per heavy atom. The van der Waals surface area contributed by atoms with Crippen LogP contribution in [0, 0.1) is 0 Å². The molecule has 6 nitrogen and oxygen atoms in total. The predicted octanol–water partition coefficient (Wildman–Crippen LogP) is 4.57. The number of nitrogens with zero attached hydrogens (tertiary/aromatic N) is 3. The Hall–Kier alpha value is -2.39. The van der Waals surface area contributed by atoms with Gasteiger partial charge in [-0.15, -0.1) is 0 Å². The van der Waals surface area contributed by atoms with Crippen LogP contribution in [0.3, 0.4) is 0 Å². The Kier molecular flexibility index (Phi) is 7.37. The molecule has 0 aliphatic carbocycles. The number of benzene rings is 2. The zero-order chi connectivity index (χ0) is 19.9. The molecule has 2 aromatic carbocycles. The molecule has 27 heavy (non-hydrogen) atoms. The van der Waals surface area contributed by atoms with Crippen molar-refractivity contribution in [2.24, 2.45) is 10.2 Å². The number of hydrogen-bond acceptors (Lipinski definition) is 6. The van der Waals surface area contributed by atoms with Crippen molar-refractivity contribution < 1.29 is 21.9 Å². The molecule has 0 fully saturated rings. The lowest BCUT2D eigenvalue weighted by atomic mass is 10.2. The highest BCUT2D eigenvalue weighted by atomic mass is 32.2. The van der Waals surface area contributed by atoms with E-state index in [2.05, 4.69) is 22.1 Å². The molecule has 0 aromatic heterocycles. The van der Waals surface area contributed by atoms with Crippen LogP contribution in [0.4, 0.5) is 25.8 Å². The van der Waals surface area contributed by atoms with E-state index in [4.69, 9.17) is 4.74 Å². The van der Waals surface area contributed by atoms with E-state index in [1.165, 1.54) is 12.1 Å². The molecule has 0 heterocycles. The zero-order valence-corrected chi connectivity index (χ0v) is 15.9. The molecule has 0 aliphatic heterocycles. The van der Waals surface area contributed by atoms with Crippen molar-refractivity contribution in [2.75, 3.05) is 31.7 Å². The third-order valence-corrected chi connectivity index (χ3v) is 5.24. The Labute approximate surface area is 157 Å². The smallest absolute Gasteiger partial charge is 0.341 e. The summed E-state index contributed by atoms with van der Waals surface area (Å²) >= 11 is 0. The number of sulfone groups is 1. The monoisotopic (exact) mass is 397 g/mol. The number of anilines is 1. The van der Waals surface area contributed by atoms with Gasteiger partial charge in [-0.3, -0.25) is 0 Å². The van der Waals surface area contributed by atoms with E-state index < -0.39 is 20.5 Å². The fourth-order valence-electron chi connectivity index (χ4n) is 2.32. The highest BCUT2D eigenvalue weighted by Gasteiger charge is 2.26. The van der Waals surface area contributed by atoms with Crippen LogP contribution in [0.2, 0.25) is 0 Å². The molecule has 0 atom stereocenters. The number of ether oxygens (including phenoxy) is 1. The van der Waals surface area contributed by atoms with Gasteiger partial charge in [0.1, 0.15) is 0 Å². The van der Waals surface area contributed by atoms with E-state index in [0.717, 1.165) is 30.9 Å². The van der Waals surface area contributed by atoms with Gasteiger partial charge in [-0.2, -0.15) is 19.0 Å². The van der Waals surface area contributed by atoms with E-state index in [0.29, 0.717) is 18.0 Å². The van der Waals surface area contributed by atoms with Crippen molar-refractivity contribution in [1.29, 1.82) is 0 Å². The standard InChI is InChI=1S/C18H21F2N3O3S/c1-3-23(12-13-26-2)16-8-4-14(5-9-16)21-22-15-6-10-17(11-7-15)27(24,25)18(19)20/h4-11,18H,3,12-13H2,1-2H3. The molecule has 0 radical (unpaired) electrons. The Morgan fingerprint density at radius 2 is 1.52 bits per heavy atom. The largest absolute Gasteiger partial charge is 0.383 e. The lowest BCUT2D eigenvalue weighted by Crippen LogP contribution is -2.26. The van der Waals surface area contributed by atoms with Crippen molar-refractivity contribution >= 4 is 26.9 Å². The van der Waals surface area contributed by atoms with Crippen LogP contribution in [0.1, 0.15) is 6.92 Å². The predicted molar refractivity (Wildman–Crippen MR) is 100 cm³/mol. The zero-order valence-electron chi connectivity index (χ0n) is 15.0. The third-order valence-electron chi connectivity index (χ3n) is 3.84. The number of alkyl halides is 2. The summed E-state index contributed by atoms with van der Waals surface area (Å²) in [6.45, 7) is 4.31.